The molecule has 0 saturated heterocycles. The number of amides is 1. The van der Waals surface area contributed by atoms with Crippen LogP contribution in [0.4, 0.5) is 0 Å². The second-order valence-electron chi connectivity index (χ2n) is 7.07. The molecule has 0 saturated carbocycles. The van der Waals surface area contributed by atoms with Gasteiger partial charge in [0.2, 0.25) is 5.91 Å². The molecule has 1 amide bonds. The molecule has 0 fully saturated rings. The van der Waals surface area contributed by atoms with Crippen molar-refractivity contribution in [3.8, 4) is 0 Å². The summed E-state index contributed by atoms with van der Waals surface area (Å²) < 4.78 is 2.12. The number of aromatic nitrogens is 2. The van der Waals surface area contributed by atoms with Gasteiger partial charge in [-0.15, -0.1) is 0 Å². The molecule has 1 unspecified atom stereocenters. The quantitative estimate of drug-likeness (QED) is 0.784. The summed E-state index contributed by atoms with van der Waals surface area (Å²) in [6.45, 7) is 2.50. The maximum Gasteiger partial charge on any atom is 0.227 e. The predicted octanol–water partition coefficient (Wildman–Crippen LogP) is 2.61. The topological polar surface area (TPSA) is 41.4 Å². The fraction of sp³-hybridized carbons (Fsp3) is 0.667. The van der Waals surface area contributed by atoms with Crippen LogP contribution in [0.5, 0.6) is 0 Å². The molecule has 0 spiro atoms. The van der Waals surface area contributed by atoms with Crippen LogP contribution in [-0.2, 0) is 11.3 Å². The normalized spacial score (nSPS) is 21.3. The molecule has 1 atom stereocenters. The summed E-state index contributed by atoms with van der Waals surface area (Å²) in [5.74, 6) is 0.278. The molecular formula is C18H28N4O. The van der Waals surface area contributed by atoms with Crippen molar-refractivity contribution >= 4 is 5.91 Å². The molecule has 126 valence electrons. The van der Waals surface area contributed by atoms with Gasteiger partial charge in [-0.25, -0.2) is 0 Å². The minimum absolute atomic E-state index is 0.278. The Morgan fingerprint density at radius 2 is 2.26 bits per heavy atom. The minimum Gasteiger partial charge on any atom is -0.334 e. The lowest BCUT2D eigenvalue weighted by Crippen LogP contribution is -2.42. The molecule has 3 rings (SSSR count). The summed E-state index contributed by atoms with van der Waals surface area (Å²) in [6.07, 6.45) is 10.5. The smallest absolute Gasteiger partial charge is 0.227 e. The average Bonchev–Trinajstić information content (AvgIpc) is 3.02. The van der Waals surface area contributed by atoms with E-state index < -0.39 is 0 Å². The zero-order chi connectivity index (χ0) is 16.2. The minimum atomic E-state index is 0.278. The number of nitrogens with zero attached hydrogens (tertiary/aromatic N) is 4. The van der Waals surface area contributed by atoms with E-state index >= 15 is 0 Å². The van der Waals surface area contributed by atoms with E-state index in [0.29, 0.717) is 19.0 Å². The van der Waals surface area contributed by atoms with Crippen molar-refractivity contribution in [2.45, 2.75) is 51.1 Å². The highest BCUT2D eigenvalue weighted by molar-refractivity contribution is 5.78. The second-order valence-corrected chi connectivity index (χ2v) is 7.07. The van der Waals surface area contributed by atoms with Gasteiger partial charge in [0, 0.05) is 19.2 Å². The first-order valence-corrected chi connectivity index (χ1v) is 8.76. The molecule has 0 radical (unpaired) electrons. The van der Waals surface area contributed by atoms with Gasteiger partial charge in [0.15, 0.2) is 0 Å². The highest BCUT2D eigenvalue weighted by Gasteiger charge is 2.28. The van der Waals surface area contributed by atoms with Crippen LogP contribution in [0.15, 0.2) is 23.9 Å². The Hall–Kier alpha value is -1.62. The highest BCUT2D eigenvalue weighted by Crippen LogP contribution is 2.26. The number of carbonyl (C=O) groups excluding carboxylic acids is 1. The van der Waals surface area contributed by atoms with Crippen LogP contribution in [0.2, 0.25) is 0 Å². The molecule has 1 aromatic heterocycles. The van der Waals surface area contributed by atoms with Gasteiger partial charge in [0.05, 0.1) is 18.3 Å². The summed E-state index contributed by atoms with van der Waals surface area (Å²) >= 11 is 0. The van der Waals surface area contributed by atoms with Gasteiger partial charge < -0.3 is 9.80 Å². The van der Waals surface area contributed by atoms with Crippen LogP contribution in [0.3, 0.4) is 0 Å². The molecule has 23 heavy (non-hydrogen) atoms. The lowest BCUT2D eigenvalue weighted by atomic mass is 9.96. The number of fused-ring (bicyclic) bond motifs is 1. The Kier molecular flexibility index (Phi) is 5.16. The van der Waals surface area contributed by atoms with Gasteiger partial charge in [-0.2, -0.15) is 5.10 Å². The second kappa shape index (κ2) is 7.30. The summed E-state index contributed by atoms with van der Waals surface area (Å²) in [6, 6.07) is 2.34. The number of rotatable bonds is 5. The van der Waals surface area contributed by atoms with Gasteiger partial charge in [0.1, 0.15) is 0 Å². The zero-order valence-corrected chi connectivity index (χ0v) is 14.4. The van der Waals surface area contributed by atoms with E-state index in [9.17, 15) is 4.79 Å². The maximum absolute atomic E-state index is 12.7. The Morgan fingerprint density at radius 1 is 1.39 bits per heavy atom. The van der Waals surface area contributed by atoms with Gasteiger partial charge in [-0.1, -0.05) is 11.6 Å². The van der Waals surface area contributed by atoms with Crippen molar-refractivity contribution in [2.75, 3.05) is 27.2 Å². The number of allylic oxidation sites excluding steroid dienone is 1. The molecule has 5 nitrogen and oxygen atoms in total. The summed E-state index contributed by atoms with van der Waals surface area (Å²) in [4.78, 5) is 17.0. The van der Waals surface area contributed by atoms with E-state index in [1.807, 2.05) is 17.2 Å². The SMILES string of the molecule is CN(C)CCC1CN(C(=O)CC2=CCCCC2)Cc2ccnn21. The van der Waals surface area contributed by atoms with Crippen LogP contribution < -0.4 is 0 Å². The Bertz CT molecular complexity index is 575. The molecule has 1 aliphatic heterocycles. The first-order valence-electron chi connectivity index (χ1n) is 8.76. The molecule has 0 bridgehead atoms. The Balaban J connectivity index is 1.66. The lowest BCUT2D eigenvalue weighted by Gasteiger charge is -2.35. The van der Waals surface area contributed by atoms with Crippen molar-refractivity contribution in [3.63, 3.8) is 0 Å². The first-order chi connectivity index (χ1) is 11.1. The Labute approximate surface area is 138 Å². The average molecular weight is 316 g/mol. The molecular weight excluding hydrogens is 288 g/mol. The van der Waals surface area contributed by atoms with Crippen LogP contribution in [0.1, 0.15) is 50.3 Å². The molecule has 1 aromatic rings. The predicted molar refractivity (Wildman–Crippen MR) is 91.0 cm³/mol. The molecule has 1 aliphatic carbocycles. The van der Waals surface area contributed by atoms with E-state index in [1.165, 1.54) is 18.4 Å². The van der Waals surface area contributed by atoms with Crippen LogP contribution in [0.25, 0.3) is 0 Å². The van der Waals surface area contributed by atoms with Crippen molar-refractivity contribution in [1.82, 2.24) is 19.6 Å². The van der Waals surface area contributed by atoms with E-state index in [0.717, 1.165) is 38.0 Å². The third-order valence-electron chi connectivity index (χ3n) is 4.91. The third-order valence-corrected chi connectivity index (χ3v) is 4.91. The summed E-state index contributed by atoms with van der Waals surface area (Å²) in [7, 11) is 4.18. The largest absolute Gasteiger partial charge is 0.334 e. The van der Waals surface area contributed by atoms with E-state index in [4.69, 9.17) is 0 Å². The molecule has 5 heteroatoms. The van der Waals surface area contributed by atoms with Crippen molar-refractivity contribution < 1.29 is 4.79 Å². The fourth-order valence-corrected chi connectivity index (χ4v) is 3.57. The van der Waals surface area contributed by atoms with E-state index in [2.05, 4.69) is 34.9 Å². The Morgan fingerprint density at radius 3 is 3.00 bits per heavy atom. The molecule has 0 N–H and O–H groups in total. The monoisotopic (exact) mass is 316 g/mol. The standard InChI is InChI=1S/C18H28N4O/c1-20(2)11-9-17-14-21(13-16-8-10-19-22(16)17)18(23)12-15-6-4-3-5-7-15/h6,8,10,17H,3-5,7,9,11-14H2,1-2H3. The van der Waals surface area contributed by atoms with Crippen LogP contribution in [-0.4, -0.2) is 52.7 Å². The fourth-order valence-electron chi connectivity index (χ4n) is 3.57. The van der Waals surface area contributed by atoms with Crippen molar-refractivity contribution in [2.24, 2.45) is 0 Å². The number of carbonyl (C=O) groups is 1. The van der Waals surface area contributed by atoms with E-state index in [-0.39, 0.29) is 5.91 Å². The van der Waals surface area contributed by atoms with Gasteiger partial charge in [-0.3, -0.25) is 9.48 Å². The van der Waals surface area contributed by atoms with Crippen molar-refractivity contribution in [3.05, 3.63) is 29.6 Å². The van der Waals surface area contributed by atoms with Crippen LogP contribution >= 0.6 is 0 Å². The van der Waals surface area contributed by atoms with Gasteiger partial charge in [0.25, 0.3) is 0 Å². The first kappa shape index (κ1) is 16.2. The molecule has 2 heterocycles. The highest BCUT2D eigenvalue weighted by atomic mass is 16.2. The maximum atomic E-state index is 12.7. The summed E-state index contributed by atoms with van der Waals surface area (Å²) in [5.41, 5.74) is 2.50. The molecule has 2 aliphatic rings. The number of hydrogen-bond donors (Lipinski definition) is 0. The third kappa shape index (κ3) is 4.02. The van der Waals surface area contributed by atoms with Gasteiger partial charge >= 0.3 is 0 Å². The number of hydrogen-bond acceptors (Lipinski definition) is 3. The zero-order valence-electron chi connectivity index (χ0n) is 14.4. The lowest BCUT2D eigenvalue weighted by molar-refractivity contribution is -0.132. The molecule has 0 aromatic carbocycles. The van der Waals surface area contributed by atoms with Gasteiger partial charge in [-0.05, 0) is 58.8 Å². The van der Waals surface area contributed by atoms with Crippen molar-refractivity contribution in [1.29, 1.82) is 0 Å². The van der Waals surface area contributed by atoms with Crippen LogP contribution in [0, 0.1) is 0 Å². The summed E-state index contributed by atoms with van der Waals surface area (Å²) in [5, 5.41) is 4.47. The van der Waals surface area contributed by atoms with E-state index in [1.54, 1.807) is 0 Å².